The van der Waals surface area contributed by atoms with E-state index in [0.717, 1.165) is 11.1 Å². The summed E-state index contributed by atoms with van der Waals surface area (Å²) >= 11 is 0. The minimum Gasteiger partial charge on any atom is -0.480 e. The number of methoxy groups -OCH3 is 2. The van der Waals surface area contributed by atoms with Crippen LogP contribution in [0.25, 0.3) is 0 Å². The quantitative estimate of drug-likeness (QED) is 0.0325. The second-order valence-electron chi connectivity index (χ2n) is 25.1. The van der Waals surface area contributed by atoms with Crippen LogP contribution in [-0.2, 0) is 67.2 Å². The molecule has 1 saturated heterocycles. The first kappa shape index (κ1) is 75.8. The molecule has 1 heterocycles. The van der Waals surface area contributed by atoms with Crippen LogP contribution < -0.4 is 43.0 Å². The lowest BCUT2D eigenvalue weighted by Crippen LogP contribution is -2.60. The molecular weight excluding hydrogens is 1170 g/mol. The number of primary amides is 1. The molecule has 24 heteroatoms. The molecule has 0 aliphatic carbocycles. The van der Waals surface area contributed by atoms with E-state index in [2.05, 4.69) is 26.6 Å². The summed E-state index contributed by atoms with van der Waals surface area (Å²) in [5, 5.41) is 23.8. The Morgan fingerprint density at radius 2 is 1.35 bits per heavy atom. The standard InChI is InChI=1S/C67H103N11O13/c1-15-43(8)58(53(89-13)38-54(79)78-35-20-24-52(78)59(90-14)44(9)60(80)73-51(65(85)86)37-46-21-17-16-18-22-46)77(12)64(84)56(41(4)5)74-63(83)57(42(6)7)75(10)36-33-45-27-31-49(32-28-45)76(11)67(88)91-39-47-25-29-48(30-26-47)71-61(81)50(23-19-34-70-66(69)87)72-62(82)55(68)40(2)3/h16-18,21-22,25-32,40-44,50-53,55-59H,15,19-20,23-24,33-39,68H2,1-14H3,(H,71,81)(H,72,82)(H,73,80)(H,74,83)(H,85,86)(H3,69,70,87)/t43-,44+,50-,51-,52-,53+,55-,56-,57-,58-,59+/m0/s1. The number of nitrogens with two attached hydrogens (primary N) is 2. The van der Waals surface area contributed by atoms with Crippen molar-refractivity contribution in [1.29, 1.82) is 0 Å². The zero-order chi connectivity index (χ0) is 67.8. The number of nitrogens with zero attached hydrogens (tertiary/aromatic N) is 4. The van der Waals surface area contributed by atoms with E-state index in [1.807, 2.05) is 83.8 Å². The van der Waals surface area contributed by atoms with Gasteiger partial charge in [-0.25, -0.2) is 14.4 Å². The molecule has 0 saturated carbocycles. The number of aliphatic carboxylic acids is 1. The molecule has 0 spiro atoms. The number of hydrogen-bond acceptors (Lipinski definition) is 14. The lowest BCUT2D eigenvalue weighted by Gasteiger charge is -2.41. The Labute approximate surface area is 537 Å². The van der Waals surface area contributed by atoms with Crippen LogP contribution in [0, 0.1) is 29.6 Å². The number of rotatable bonds is 36. The molecule has 0 bridgehead atoms. The Kier molecular flexibility index (Phi) is 30.8. The highest BCUT2D eigenvalue weighted by Crippen LogP contribution is 2.30. The fraction of sp³-hybridized carbons (Fsp3) is 0.597. The average molecular weight is 1270 g/mol. The van der Waals surface area contributed by atoms with E-state index in [9.17, 15) is 48.3 Å². The van der Waals surface area contributed by atoms with Gasteiger partial charge in [-0.1, -0.05) is 123 Å². The van der Waals surface area contributed by atoms with E-state index in [4.69, 9.17) is 25.7 Å². The average Bonchev–Trinajstić information content (AvgIpc) is 2.42. The Balaban J connectivity index is 1.35. The topological polar surface area (TPSA) is 327 Å². The number of nitrogens with one attached hydrogen (secondary N) is 5. The van der Waals surface area contributed by atoms with E-state index < -0.39 is 96.2 Å². The van der Waals surface area contributed by atoms with Gasteiger partial charge in [0.1, 0.15) is 24.7 Å². The highest BCUT2D eigenvalue weighted by Gasteiger charge is 2.44. The summed E-state index contributed by atoms with van der Waals surface area (Å²) < 4.78 is 17.7. The Hall–Kier alpha value is -7.67. The molecule has 0 radical (unpaired) electrons. The van der Waals surface area contributed by atoms with Crippen molar-refractivity contribution in [3.05, 3.63) is 95.6 Å². The summed E-state index contributed by atoms with van der Waals surface area (Å²) in [6.45, 7) is 18.0. The number of hydrogen-bond donors (Lipinski definition) is 8. The third-order valence-electron chi connectivity index (χ3n) is 17.3. The summed E-state index contributed by atoms with van der Waals surface area (Å²) in [5.74, 6) is -5.01. The number of urea groups is 1. The number of amides is 9. The highest BCUT2D eigenvalue weighted by molar-refractivity contribution is 5.98. The molecule has 3 aromatic rings. The van der Waals surface area contributed by atoms with Gasteiger partial charge in [0.15, 0.2) is 0 Å². The van der Waals surface area contributed by atoms with Crippen LogP contribution in [-0.4, -0.2) is 183 Å². The number of carbonyl (C=O) groups excluding carboxylic acids is 8. The van der Waals surface area contributed by atoms with Crippen molar-refractivity contribution < 1.29 is 62.5 Å². The zero-order valence-electron chi connectivity index (χ0n) is 55.9. The van der Waals surface area contributed by atoms with Crippen LogP contribution in [0.4, 0.5) is 21.0 Å². The fourth-order valence-corrected chi connectivity index (χ4v) is 11.6. The molecule has 10 N–H and O–H groups in total. The number of benzene rings is 3. The van der Waals surface area contributed by atoms with Gasteiger partial charge in [0, 0.05) is 65.7 Å². The second kappa shape index (κ2) is 37.0. The van der Waals surface area contributed by atoms with Crippen molar-refractivity contribution in [3.63, 3.8) is 0 Å². The van der Waals surface area contributed by atoms with Crippen molar-refractivity contribution in [2.45, 2.75) is 175 Å². The predicted octanol–water partition coefficient (Wildman–Crippen LogP) is 5.69. The Morgan fingerprint density at radius 3 is 1.91 bits per heavy atom. The molecule has 0 unspecified atom stereocenters. The van der Waals surface area contributed by atoms with Crippen molar-refractivity contribution in [3.8, 4) is 0 Å². The molecule has 24 nitrogen and oxygen atoms in total. The number of anilines is 2. The zero-order valence-corrected chi connectivity index (χ0v) is 55.9. The lowest BCUT2D eigenvalue weighted by molar-refractivity contribution is -0.148. The number of carboxylic acid groups (broad SMARTS) is 1. The van der Waals surface area contributed by atoms with Gasteiger partial charge in [0.2, 0.25) is 35.4 Å². The molecule has 1 fully saturated rings. The molecule has 1 aliphatic rings. The highest BCUT2D eigenvalue weighted by atomic mass is 16.6. The van der Waals surface area contributed by atoms with Crippen molar-refractivity contribution in [2.75, 3.05) is 65.2 Å². The van der Waals surface area contributed by atoms with Crippen LogP contribution in [0.15, 0.2) is 78.9 Å². The number of likely N-dealkylation sites (tertiary alicyclic amines) is 1. The minimum atomic E-state index is -1.17. The number of carboxylic acids is 1. The summed E-state index contributed by atoms with van der Waals surface area (Å²) in [4.78, 5) is 127. The Morgan fingerprint density at radius 1 is 0.725 bits per heavy atom. The molecule has 9 amide bonds. The van der Waals surface area contributed by atoms with Crippen molar-refractivity contribution in [2.24, 2.45) is 41.1 Å². The summed E-state index contributed by atoms with van der Waals surface area (Å²) in [7, 11) is 8.17. The maximum atomic E-state index is 14.8. The van der Waals surface area contributed by atoms with Crippen LogP contribution in [0.1, 0.15) is 118 Å². The summed E-state index contributed by atoms with van der Waals surface area (Å²) in [5.41, 5.74) is 14.6. The third kappa shape index (κ3) is 22.6. The van der Waals surface area contributed by atoms with E-state index in [-0.39, 0.29) is 73.8 Å². The van der Waals surface area contributed by atoms with Crippen LogP contribution in [0.2, 0.25) is 0 Å². The third-order valence-corrected chi connectivity index (χ3v) is 17.3. The number of carbonyl (C=O) groups is 9. The molecule has 504 valence electrons. The summed E-state index contributed by atoms with van der Waals surface area (Å²) in [6.07, 6.45) is 0.972. The van der Waals surface area contributed by atoms with Gasteiger partial charge in [0.05, 0.1) is 48.7 Å². The van der Waals surface area contributed by atoms with Gasteiger partial charge in [-0.3, -0.25) is 38.6 Å². The van der Waals surface area contributed by atoms with Crippen molar-refractivity contribution >= 4 is 64.9 Å². The van der Waals surface area contributed by atoms with E-state index in [0.29, 0.717) is 62.1 Å². The van der Waals surface area contributed by atoms with Gasteiger partial charge in [-0.2, -0.15) is 0 Å². The normalized spacial score (nSPS) is 16.5. The number of ether oxygens (including phenoxy) is 3. The molecule has 91 heavy (non-hydrogen) atoms. The van der Waals surface area contributed by atoms with Gasteiger partial charge in [-0.15, -0.1) is 0 Å². The predicted molar refractivity (Wildman–Crippen MR) is 349 cm³/mol. The van der Waals surface area contributed by atoms with Crippen LogP contribution >= 0.6 is 0 Å². The lowest BCUT2D eigenvalue weighted by atomic mass is 9.89. The fourth-order valence-electron chi connectivity index (χ4n) is 11.6. The molecule has 3 aromatic carbocycles. The Bertz CT molecular complexity index is 2840. The maximum absolute atomic E-state index is 14.8. The first-order chi connectivity index (χ1) is 43.0. The van der Waals surface area contributed by atoms with Gasteiger partial charge >= 0.3 is 18.1 Å². The molecule has 0 aromatic heterocycles. The van der Waals surface area contributed by atoms with Crippen molar-refractivity contribution in [1.82, 2.24) is 36.0 Å². The van der Waals surface area contributed by atoms with Gasteiger partial charge < -0.3 is 67.2 Å². The summed E-state index contributed by atoms with van der Waals surface area (Å²) in [6, 6.07) is 17.0. The molecule has 1 aliphatic heterocycles. The molecule has 4 rings (SSSR count). The monoisotopic (exact) mass is 1270 g/mol. The minimum absolute atomic E-state index is 0.0527. The maximum Gasteiger partial charge on any atom is 0.414 e. The second-order valence-corrected chi connectivity index (χ2v) is 25.1. The van der Waals surface area contributed by atoms with Crippen LogP contribution in [0.5, 0.6) is 0 Å². The van der Waals surface area contributed by atoms with E-state index in [1.165, 1.54) is 19.1 Å². The van der Waals surface area contributed by atoms with E-state index in [1.54, 1.807) is 93.2 Å². The molecular formula is C67H103N11O13. The smallest absolute Gasteiger partial charge is 0.414 e. The number of likely N-dealkylation sites (N-methyl/N-ethyl adjacent to an activating group) is 2. The first-order valence-corrected chi connectivity index (χ1v) is 31.7. The largest absolute Gasteiger partial charge is 0.480 e. The van der Waals surface area contributed by atoms with Gasteiger partial charge in [-0.05, 0) is 104 Å². The van der Waals surface area contributed by atoms with E-state index >= 15 is 0 Å². The SMILES string of the molecule is CC[C@H](C)[C@@H]([C@@H](CC(=O)N1CCC[C@H]1[C@H](OC)[C@@H](C)C(=O)N[C@@H](Cc1ccccc1)C(=O)O)OC)N(C)C(=O)[C@@H](NC(=O)[C@H](C(C)C)N(C)CCc1ccc(N(C)C(=O)OCc2ccc(NC(=O)[C@H](CCCNC(N)=O)NC(=O)[C@@H](N)C(C)C)cc2)cc1)C(C)C. The van der Waals surface area contributed by atoms with Crippen LogP contribution in [0.3, 0.4) is 0 Å². The first-order valence-electron chi connectivity index (χ1n) is 31.7. The molecule has 11 atom stereocenters. The van der Waals surface area contributed by atoms with Gasteiger partial charge in [0.25, 0.3) is 0 Å².